The fourth-order valence-corrected chi connectivity index (χ4v) is 6.32. The minimum Gasteiger partial charge on any atom is -0.494 e. The van der Waals surface area contributed by atoms with Crippen molar-refractivity contribution >= 4 is 33.2 Å². The van der Waals surface area contributed by atoms with E-state index in [1.807, 2.05) is 6.92 Å². The first-order valence-corrected chi connectivity index (χ1v) is 15.1. The number of aromatic nitrogens is 2. The number of aliphatic hydroxyl groups is 1. The number of aryl methyl sites for hydroxylation is 1. The molecule has 0 radical (unpaired) electrons. The number of benzene rings is 3. The summed E-state index contributed by atoms with van der Waals surface area (Å²) in [5.41, 5.74) is -1.05. The van der Waals surface area contributed by atoms with Gasteiger partial charge >= 0.3 is 6.29 Å². The number of ether oxygens (including phenoxy) is 3. The Morgan fingerprint density at radius 2 is 1.81 bits per heavy atom. The van der Waals surface area contributed by atoms with E-state index >= 15 is 8.87 Å². The van der Waals surface area contributed by atoms with Gasteiger partial charge in [0.2, 0.25) is 0 Å². The Hall–Kier alpha value is -4.21. The monoisotopic (exact) mass is 692 g/mol. The molecule has 1 atom stereocenters. The standard InChI is InChI=1S/C32H26ClF4N3O5S.H3N/c1-16-38-29-24(42-4)12-18(13-25(29)46-16)45-40(37)15-20(17-8-6-5-7-9-17)22-14-21(31(2,3)41)27(34)28(39-22)19-10-11-23-30(26(19)33)44-32(35,36)43-23;/h5-14,20,41H,15H2,1-4H3;1H3. The highest BCUT2D eigenvalue weighted by Gasteiger charge is 2.45. The minimum absolute atomic E-state index is 0. The van der Waals surface area contributed by atoms with Crippen molar-refractivity contribution in [2.45, 2.75) is 38.6 Å². The highest BCUT2D eigenvalue weighted by atomic mass is 35.5. The molecule has 0 amide bonds. The van der Waals surface area contributed by atoms with Crippen LogP contribution in [0.15, 0.2) is 60.7 Å². The molecule has 1 aliphatic rings. The van der Waals surface area contributed by atoms with Crippen LogP contribution in [-0.4, -0.2) is 40.3 Å². The van der Waals surface area contributed by atoms with Crippen LogP contribution in [0.25, 0.3) is 21.5 Å². The Labute approximate surface area is 275 Å². The van der Waals surface area contributed by atoms with Crippen molar-refractivity contribution in [2.24, 2.45) is 0 Å². The van der Waals surface area contributed by atoms with Crippen LogP contribution in [0.1, 0.15) is 41.6 Å². The van der Waals surface area contributed by atoms with Crippen LogP contribution >= 0.6 is 22.9 Å². The van der Waals surface area contributed by atoms with Gasteiger partial charge in [-0.25, -0.2) is 14.4 Å². The van der Waals surface area contributed by atoms with Gasteiger partial charge in [-0.05, 0) is 44.5 Å². The van der Waals surface area contributed by atoms with Crippen LogP contribution in [0.2, 0.25) is 5.02 Å². The van der Waals surface area contributed by atoms with E-state index in [1.54, 1.807) is 36.4 Å². The summed E-state index contributed by atoms with van der Waals surface area (Å²) in [6, 6.07) is 15.6. The first-order chi connectivity index (χ1) is 21.7. The Balaban J connectivity index is 0.00000433. The number of alkyl halides is 2. The molecule has 0 saturated carbocycles. The number of thiazole rings is 1. The van der Waals surface area contributed by atoms with E-state index in [0.29, 0.717) is 16.8 Å². The van der Waals surface area contributed by atoms with E-state index in [9.17, 15) is 13.9 Å². The molecule has 0 bridgehead atoms. The summed E-state index contributed by atoms with van der Waals surface area (Å²) in [7, 11) is 1.47. The Morgan fingerprint density at radius 3 is 2.49 bits per heavy atom. The maximum atomic E-state index is 16.1. The number of nitrogens with zero attached hydrogens (tertiary/aromatic N) is 3. The molecule has 3 aromatic carbocycles. The lowest BCUT2D eigenvalue weighted by atomic mass is 9.89. The van der Waals surface area contributed by atoms with Crippen molar-refractivity contribution in [3.8, 4) is 34.3 Å². The molecular weight excluding hydrogens is 664 g/mol. The van der Waals surface area contributed by atoms with E-state index in [1.165, 1.54) is 50.5 Å². The van der Waals surface area contributed by atoms with Gasteiger partial charge in [0.15, 0.2) is 23.1 Å². The first-order valence-electron chi connectivity index (χ1n) is 13.9. The molecular formula is C32H29ClF4N4O5S. The number of methoxy groups -OCH3 is 1. The summed E-state index contributed by atoms with van der Waals surface area (Å²) in [6.45, 7) is 4.14. The molecule has 2 aromatic heterocycles. The molecule has 0 fully saturated rings. The maximum Gasteiger partial charge on any atom is 0.586 e. The molecule has 248 valence electrons. The van der Waals surface area contributed by atoms with Crippen molar-refractivity contribution in [2.75, 3.05) is 13.7 Å². The Morgan fingerprint density at radius 1 is 1.09 bits per heavy atom. The molecule has 3 heterocycles. The molecule has 6 rings (SSSR count). The van der Waals surface area contributed by atoms with E-state index in [2.05, 4.69) is 19.4 Å². The third-order valence-electron chi connectivity index (χ3n) is 7.25. The number of hydroxylamine groups is 1. The second-order valence-electron chi connectivity index (χ2n) is 11.0. The minimum atomic E-state index is -3.97. The largest absolute Gasteiger partial charge is 0.586 e. The second kappa shape index (κ2) is 12.8. The summed E-state index contributed by atoms with van der Waals surface area (Å²) in [4.78, 5) is 14.5. The number of hydrogen-bond donors (Lipinski definition) is 2. The van der Waals surface area contributed by atoms with E-state index < -0.39 is 35.9 Å². The predicted octanol–water partition coefficient (Wildman–Crippen LogP) is 8.49. The van der Waals surface area contributed by atoms with E-state index in [-0.39, 0.29) is 50.5 Å². The molecule has 0 saturated heterocycles. The maximum absolute atomic E-state index is 16.1. The summed E-state index contributed by atoms with van der Waals surface area (Å²) in [5.74, 6) is -2.12. The molecule has 4 N–H and O–H groups in total. The van der Waals surface area contributed by atoms with Gasteiger partial charge in [-0.3, -0.25) is 0 Å². The summed E-state index contributed by atoms with van der Waals surface area (Å²) >= 11 is 7.83. The van der Waals surface area contributed by atoms with Gasteiger partial charge in [-0.1, -0.05) is 46.4 Å². The number of hydrogen-bond acceptors (Lipinski definition) is 10. The SMILES string of the molecule is COc1cc(ON(F)CC(c2ccccc2)c2cc(C(C)(C)O)c(F)c(-c3ccc4c(c3Cl)OC(F)(F)O4)n2)cc2sc(C)nc12.N. The molecule has 0 aliphatic carbocycles. The van der Waals surface area contributed by atoms with Gasteiger partial charge in [0.05, 0.1) is 39.7 Å². The van der Waals surface area contributed by atoms with Crippen molar-refractivity contribution in [1.29, 1.82) is 0 Å². The highest BCUT2D eigenvalue weighted by molar-refractivity contribution is 7.18. The zero-order chi connectivity index (χ0) is 33.0. The van der Waals surface area contributed by atoms with Crippen molar-refractivity contribution in [3.63, 3.8) is 0 Å². The zero-order valence-corrected chi connectivity index (χ0v) is 27.1. The fraction of sp³-hybridized carbons (Fsp3) is 0.250. The predicted molar refractivity (Wildman–Crippen MR) is 169 cm³/mol. The molecule has 15 heteroatoms. The van der Waals surface area contributed by atoms with Crippen LogP contribution in [-0.2, 0) is 5.60 Å². The van der Waals surface area contributed by atoms with Gasteiger partial charge in [-0.2, -0.15) is 0 Å². The molecule has 0 spiro atoms. The van der Waals surface area contributed by atoms with E-state index in [4.69, 9.17) is 21.2 Å². The molecule has 47 heavy (non-hydrogen) atoms. The van der Waals surface area contributed by atoms with E-state index in [0.717, 1.165) is 15.8 Å². The van der Waals surface area contributed by atoms with Crippen molar-refractivity contribution in [3.05, 3.63) is 93.3 Å². The second-order valence-corrected chi connectivity index (χ2v) is 12.6. The van der Waals surface area contributed by atoms with Crippen molar-refractivity contribution in [1.82, 2.24) is 21.4 Å². The highest BCUT2D eigenvalue weighted by Crippen LogP contribution is 2.50. The Bertz CT molecular complexity index is 1940. The number of halogens is 5. The molecule has 9 nitrogen and oxygen atoms in total. The normalized spacial score (nSPS) is 14.3. The summed E-state index contributed by atoms with van der Waals surface area (Å²) in [6.07, 6.45) is -3.97. The van der Waals surface area contributed by atoms with Gasteiger partial charge in [0, 0.05) is 34.5 Å². The van der Waals surface area contributed by atoms with Crippen LogP contribution in [0, 0.1) is 12.7 Å². The zero-order valence-electron chi connectivity index (χ0n) is 25.5. The number of fused-ring (bicyclic) bond motifs is 2. The summed E-state index contributed by atoms with van der Waals surface area (Å²) < 4.78 is 74.7. The molecule has 5 aromatic rings. The van der Waals surface area contributed by atoms with Crippen LogP contribution in [0.4, 0.5) is 17.7 Å². The quantitative estimate of drug-likeness (QED) is 0.0890. The third-order valence-corrected chi connectivity index (χ3v) is 8.55. The van der Waals surface area contributed by atoms with Crippen LogP contribution < -0.4 is 25.2 Å². The van der Waals surface area contributed by atoms with Gasteiger partial charge < -0.3 is 30.3 Å². The molecule has 1 unspecified atom stereocenters. The smallest absolute Gasteiger partial charge is 0.494 e. The average Bonchev–Trinajstić information content (AvgIpc) is 3.53. The van der Waals surface area contributed by atoms with Crippen LogP contribution in [0.3, 0.4) is 0 Å². The van der Waals surface area contributed by atoms with Crippen LogP contribution in [0.5, 0.6) is 23.0 Å². The third kappa shape index (κ3) is 6.78. The topological polar surface area (TPSA) is 121 Å². The lowest BCUT2D eigenvalue weighted by molar-refractivity contribution is -0.286. The number of rotatable bonds is 9. The average molecular weight is 693 g/mol. The van der Waals surface area contributed by atoms with Gasteiger partial charge in [0.1, 0.15) is 17.0 Å². The van der Waals surface area contributed by atoms with Gasteiger partial charge in [-0.15, -0.1) is 20.1 Å². The van der Waals surface area contributed by atoms with Gasteiger partial charge in [0.25, 0.3) is 0 Å². The summed E-state index contributed by atoms with van der Waals surface area (Å²) in [5, 5.41) is 11.5. The molecule has 1 aliphatic heterocycles. The Kier molecular flexibility index (Phi) is 9.27. The number of pyridine rings is 1. The first kappa shape index (κ1) is 34.1. The fourth-order valence-electron chi connectivity index (χ4n) is 5.16. The lowest BCUT2D eigenvalue weighted by Gasteiger charge is -2.25. The van der Waals surface area contributed by atoms with Crippen molar-refractivity contribution < 1.29 is 41.8 Å². The lowest BCUT2D eigenvalue weighted by Crippen LogP contribution is -2.27.